The molecule has 0 atom stereocenters. The van der Waals surface area contributed by atoms with E-state index in [1.165, 1.54) is 0 Å². The molecule has 5 aromatic rings. The average Bonchev–Trinajstić information content (AvgIpc) is 3.04. The van der Waals surface area contributed by atoms with Crippen molar-refractivity contribution in [3.8, 4) is 5.69 Å². The van der Waals surface area contributed by atoms with Crippen molar-refractivity contribution in [3.05, 3.63) is 68.7 Å². The topological polar surface area (TPSA) is 65.6 Å². The van der Waals surface area contributed by atoms with Crippen molar-refractivity contribution in [3.63, 3.8) is 0 Å². The third-order valence-electron chi connectivity index (χ3n) is 5.16. The summed E-state index contributed by atoms with van der Waals surface area (Å²) in [5.74, 6) is 0.642. The van der Waals surface area contributed by atoms with Crippen LogP contribution >= 0.6 is 23.2 Å². The van der Waals surface area contributed by atoms with Crippen LogP contribution in [-0.2, 0) is 6.54 Å². The molecule has 8 heteroatoms. The molecule has 150 valence electrons. The van der Waals surface area contributed by atoms with Gasteiger partial charge in [-0.25, -0.2) is 15.0 Å². The second-order valence-electron chi connectivity index (χ2n) is 7.13. The number of halogens is 2. The Labute approximate surface area is 181 Å². The van der Waals surface area contributed by atoms with Gasteiger partial charge in [0.15, 0.2) is 11.3 Å². The first-order valence-corrected chi connectivity index (χ1v) is 10.4. The molecular weight excluding hydrogens is 421 g/mol. The number of aryl methyl sites for hydroxylation is 1. The van der Waals surface area contributed by atoms with E-state index in [9.17, 15) is 4.79 Å². The van der Waals surface area contributed by atoms with Crippen LogP contribution in [-0.4, -0.2) is 24.1 Å². The SMILES string of the molecule is CCCn1c(C)nc2c(c1=O)c1nc3ccccc3nc1n2-c1ccc(Cl)c(Cl)c1. The molecule has 0 spiro atoms. The van der Waals surface area contributed by atoms with Gasteiger partial charge >= 0.3 is 0 Å². The summed E-state index contributed by atoms with van der Waals surface area (Å²) in [4.78, 5) is 27.8. The first-order chi connectivity index (χ1) is 14.5. The van der Waals surface area contributed by atoms with Crippen LogP contribution < -0.4 is 5.56 Å². The number of fused-ring (bicyclic) bond motifs is 4. The zero-order valence-electron chi connectivity index (χ0n) is 16.4. The lowest BCUT2D eigenvalue weighted by Gasteiger charge is -2.10. The molecule has 6 nitrogen and oxygen atoms in total. The molecule has 3 heterocycles. The second kappa shape index (κ2) is 7.07. The highest BCUT2D eigenvalue weighted by Crippen LogP contribution is 2.31. The minimum Gasteiger partial charge on any atom is -0.296 e. The van der Waals surface area contributed by atoms with E-state index in [4.69, 9.17) is 38.2 Å². The number of rotatable bonds is 3. The van der Waals surface area contributed by atoms with Gasteiger partial charge in [-0.2, -0.15) is 0 Å². The Morgan fingerprint density at radius 1 is 0.933 bits per heavy atom. The fourth-order valence-corrected chi connectivity index (χ4v) is 4.08. The van der Waals surface area contributed by atoms with Crippen LogP contribution in [0.5, 0.6) is 0 Å². The summed E-state index contributed by atoms with van der Waals surface area (Å²) in [6.07, 6.45) is 0.827. The van der Waals surface area contributed by atoms with Crippen LogP contribution in [0.1, 0.15) is 19.2 Å². The first-order valence-electron chi connectivity index (χ1n) is 9.63. The monoisotopic (exact) mass is 437 g/mol. The Hall–Kier alpha value is -2.96. The van der Waals surface area contributed by atoms with Crippen LogP contribution in [0.3, 0.4) is 0 Å². The molecule has 0 aliphatic carbocycles. The van der Waals surface area contributed by atoms with Crippen molar-refractivity contribution in [1.82, 2.24) is 24.1 Å². The standard InChI is InChI=1S/C22H17Cl2N5O/c1-3-10-28-12(2)25-20-18(22(28)30)19-21(27-17-7-5-4-6-16(17)26-19)29(20)13-8-9-14(23)15(24)11-13/h4-9,11H,3,10H2,1-2H3. The molecule has 0 fully saturated rings. The molecule has 0 saturated heterocycles. The summed E-state index contributed by atoms with van der Waals surface area (Å²) in [6.45, 7) is 4.46. The van der Waals surface area contributed by atoms with Crippen molar-refractivity contribution in [2.24, 2.45) is 0 Å². The lowest BCUT2D eigenvalue weighted by molar-refractivity contribution is 0.624. The van der Waals surface area contributed by atoms with E-state index in [1.54, 1.807) is 16.7 Å². The Morgan fingerprint density at radius 3 is 2.37 bits per heavy atom. The van der Waals surface area contributed by atoms with Gasteiger partial charge < -0.3 is 0 Å². The predicted octanol–water partition coefficient (Wildman–Crippen LogP) is 5.31. The van der Waals surface area contributed by atoms with Crippen molar-refractivity contribution >= 4 is 56.4 Å². The fourth-order valence-electron chi connectivity index (χ4n) is 3.79. The minimum atomic E-state index is -0.118. The molecule has 3 aromatic heterocycles. The van der Waals surface area contributed by atoms with Gasteiger partial charge in [-0.1, -0.05) is 42.3 Å². The van der Waals surface area contributed by atoms with Crippen LogP contribution in [0.2, 0.25) is 10.0 Å². The summed E-state index contributed by atoms with van der Waals surface area (Å²) in [5, 5.41) is 1.31. The van der Waals surface area contributed by atoms with Gasteiger partial charge in [-0.15, -0.1) is 0 Å². The third kappa shape index (κ3) is 2.79. The summed E-state index contributed by atoms with van der Waals surface area (Å²) in [6, 6.07) is 12.9. The predicted molar refractivity (Wildman–Crippen MR) is 121 cm³/mol. The van der Waals surface area contributed by atoms with Crippen molar-refractivity contribution in [2.45, 2.75) is 26.8 Å². The number of nitrogens with zero attached hydrogens (tertiary/aromatic N) is 5. The van der Waals surface area contributed by atoms with Crippen LogP contribution in [0, 0.1) is 6.92 Å². The summed E-state index contributed by atoms with van der Waals surface area (Å²) < 4.78 is 3.52. The summed E-state index contributed by atoms with van der Waals surface area (Å²) in [5.41, 5.74) is 3.65. The van der Waals surface area contributed by atoms with Crippen molar-refractivity contribution in [1.29, 1.82) is 0 Å². The van der Waals surface area contributed by atoms with E-state index in [-0.39, 0.29) is 5.56 Å². The maximum Gasteiger partial charge on any atom is 0.265 e. The second-order valence-corrected chi connectivity index (χ2v) is 7.95. The maximum absolute atomic E-state index is 13.4. The molecule has 30 heavy (non-hydrogen) atoms. The molecule has 0 unspecified atom stereocenters. The van der Waals surface area contributed by atoms with Gasteiger partial charge in [0, 0.05) is 6.54 Å². The van der Waals surface area contributed by atoms with Crippen LogP contribution in [0.25, 0.3) is 38.9 Å². The number of aromatic nitrogens is 5. The third-order valence-corrected chi connectivity index (χ3v) is 5.90. The largest absolute Gasteiger partial charge is 0.296 e. The molecule has 0 amide bonds. The van der Waals surface area contributed by atoms with Crippen molar-refractivity contribution < 1.29 is 0 Å². The smallest absolute Gasteiger partial charge is 0.265 e. The van der Waals surface area contributed by atoms with E-state index >= 15 is 0 Å². The average molecular weight is 438 g/mol. The normalized spacial score (nSPS) is 11.7. The molecular formula is C22H17Cl2N5O. The molecule has 0 radical (unpaired) electrons. The molecule has 0 N–H and O–H groups in total. The molecule has 5 rings (SSSR count). The van der Waals surface area contributed by atoms with Crippen molar-refractivity contribution in [2.75, 3.05) is 0 Å². The van der Waals surface area contributed by atoms with Gasteiger partial charge in [0.25, 0.3) is 5.56 Å². The molecule has 0 aliphatic heterocycles. The minimum absolute atomic E-state index is 0.118. The van der Waals surface area contributed by atoms with E-state index in [0.29, 0.717) is 50.3 Å². The number of para-hydroxylation sites is 2. The van der Waals surface area contributed by atoms with Gasteiger partial charge in [0.2, 0.25) is 0 Å². The molecule has 2 aromatic carbocycles. The van der Waals surface area contributed by atoms with E-state index in [1.807, 2.05) is 48.7 Å². The number of benzene rings is 2. The lowest BCUT2D eigenvalue weighted by Crippen LogP contribution is -2.24. The highest BCUT2D eigenvalue weighted by Gasteiger charge is 2.22. The first kappa shape index (κ1) is 19.0. The van der Waals surface area contributed by atoms with E-state index < -0.39 is 0 Å². The van der Waals surface area contributed by atoms with E-state index in [0.717, 1.165) is 17.5 Å². The van der Waals surface area contributed by atoms with Gasteiger partial charge in [0.1, 0.15) is 16.7 Å². The van der Waals surface area contributed by atoms with Crippen LogP contribution in [0.15, 0.2) is 47.3 Å². The Balaban J connectivity index is 2.01. The zero-order valence-corrected chi connectivity index (χ0v) is 17.9. The van der Waals surface area contributed by atoms with Gasteiger partial charge in [-0.3, -0.25) is 13.9 Å². The number of hydrogen-bond donors (Lipinski definition) is 0. The highest BCUT2D eigenvalue weighted by atomic mass is 35.5. The van der Waals surface area contributed by atoms with Crippen LogP contribution in [0.4, 0.5) is 0 Å². The Bertz CT molecular complexity index is 1520. The summed E-state index contributed by atoms with van der Waals surface area (Å²) in [7, 11) is 0. The molecule has 0 saturated carbocycles. The highest BCUT2D eigenvalue weighted by molar-refractivity contribution is 6.42. The zero-order chi connectivity index (χ0) is 21.0. The van der Waals surface area contributed by atoms with Gasteiger partial charge in [-0.05, 0) is 43.7 Å². The quantitative estimate of drug-likeness (QED) is 0.383. The molecule has 0 aliphatic rings. The maximum atomic E-state index is 13.4. The van der Waals surface area contributed by atoms with E-state index in [2.05, 4.69) is 0 Å². The Kier molecular flexibility index (Phi) is 4.49. The molecule has 0 bridgehead atoms. The lowest BCUT2D eigenvalue weighted by atomic mass is 10.3. The Morgan fingerprint density at radius 2 is 1.67 bits per heavy atom. The van der Waals surface area contributed by atoms with Gasteiger partial charge in [0.05, 0.1) is 26.8 Å². The fraction of sp³-hybridized carbons (Fsp3) is 0.182. The summed E-state index contributed by atoms with van der Waals surface area (Å²) >= 11 is 12.4. The number of hydrogen-bond acceptors (Lipinski definition) is 4.